The zero-order chi connectivity index (χ0) is 31.1. The van der Waals surface area contributed by atoms with Crippen LogP contribution in [-0.2, 0) is 35.5 Å². The van der Waals surface area contributed by atoms with Gasteiger partial charge in [-0.05, 0) is 0 Å². The molecule has 238 valence electrons. The minimum atomic E-state index is -4.50. The third-order valence-electron chi connectivity index (χ3n) is 10.4. The van der Waals surface area contributed by atoms with Crippen molar-refractivity contribution in [1.82, 2.24) is 0 Å². The normalized spacial score (nSPS) is 17.0. The fourth-order valence-electron chi connectivity index (χ4n) is 8.43. The number of fused-ring (bicyclic) bond motifs is 3. The van der Waals surface area contributed by atoms with Crippen molar-refractivity contribution in [3.8, 4) is 11.1 Å². The van der Waals surface area contributed by atoms with Gasteiger partial charge in [0, 0.05) is 0 Å². The maximum absolute atomic E-state index is 5.68. The Hall–Kier alpha value is -1.53. The second kappa shape index (κ2) is 11.9. The molecule has 0 bridgehead atoms. The van der Waals surface area contributed by atoms with Crippen molar-refractivity contribution >= 4 is 35.6 Å². The molecule has 0 amide bonds. The molecule has 0 saturated heterocycles. The Bertz CT molecular complexity index is 1700. The van der Waals surface area contributed by atoms with E-state index in [9.17, 15) is 0 Å². The summed E-state index contributed by atoms with van der Waals surface area (Å²) in [7, 11) is 0. The monoisotopic (exact) mass is 708 g/mol. The molecule has 1 unspecified atom stereocenters. The average molecular weight is 711 g/mol. The van der Waals surface area contributed by atoms with Crippen LogP contribution < -0.4 is 6.54 Å². The quantitative estimate of drug-likeness (QED) is 0.198. The summed E-state index contributed by atoms with van der Waals surface area (Å²) in [5, 5.41) is 0. The van der Waals surface area contributed by atoms with Gasteiger partial charge >= 0.3 is 259 Å². The van der Waals surface area contributed by atoms with Gasteiger partial charge in [0.2, 0.25) is 0 Å². The van der Waals surface area contributed by atoms with Crippen LogP contribution >= 0.6 is 24.8 Å². The minimum absolute atomic E-state index is 0. The van der Waals surface area contributed by atoms with Crippen molar-refractivity contribution in [2.75, 3.05) is 0 Å². The molecule has 0 fully saturated rings. The van der Waals surface area contributed by atoms with E-state index in [0.29, 0.717) is 5.92 Å². The van der Waals surface area contributed by atoms with Crippen LogP contribution in [0.15, 0.2) is 81.2 Å². The summed E-state index contributed by atoms with van der Waals surface area (Å²) >= 11 is -4.50. The van der Waals surface area contributed by atoms with Gasteiger partial charge in [-0.1, -0.05) is 0 Å². The molecule has 0 spiro atoms. The van der Waals surface area contributed by atoms with Crippen molar-refractivity contribution in [2.45, 2.75) is 104 Å². The van der Waals surface area contributed by atoms with Gasteiger partial charge in [0.25, 0.3) is 0 Å². The number of hydrogen-bond acceptors (Lipinski definition) is 0. The fourth-order valence-corrected chi connectivity index (χ4v) is 24.7. The molecule has 0 heterocycles. The predicted octanol–water partition coefficient (Wildman–Crippen LogP) is 11.1. The molecule has 5 rings (SSSR count). The van der Waals surface area contributed by atoms with E-state index in [-0.39, 0.29) is 41.1 Å². The summed E-state index contributed by atoms with van der Waals surface area (Å²) in [5.41, 5.74) is 12.2. The first-order valence-electron chi connectivity index (χ1n) is 16.2. The van der Waals surface area contributed by atoms with Crippen LogP contribution in [-0.4, -0.2) is 4.21 Å². The second-order valence-corrected chi connectivity index (χ2v) is 30.7. The van der Waals surface area contributed by atoms with E-state index in [4.69, 9.17) is 4.21 Å². The molecule has 0 N–H and O–H groups in total. The van der Waals surface area contributed by atoms with Gasteiger partial charge in [0.15, 0.2) is 0 Å². The first-order valence-corrected chi connectivity index (χ1v) is 24.1. The number of benzene rings is 3. The van der Waals surface area contributed by atoms with Crippen molar-refractivity contribution in [3.05, 3.63) is 103 Å². The number of rotatable bonds is 4. The van der Waals surface area contributed by atoms with Crippen LogP contribution in [0, 0.1) is 11.3 Å². The second-order valence-electron chi connectivity index (χ2n) is 16.8. The summed E-state index contributed by atoms with van der Waals surface area (Å²) in [4.78, 5) is 0. The maximum atomic E-state index is 5.68. The zero-order valence-corrected chi connectivity index (χ0v) is 33.5. The molecule has 2 aliphatic carbocycles. The molecule has 3 heteroatoms. The molecular formula is C41H56Cl2Zr. The molecule has 1 atom stereocenters. The Morgan fingerprint density at radius 2 is 1.36 bits per heavy atom. The average Bonchev–Trinajstić information content (AvgIpc) is 3.45. The zero-order valence-electron chi connectivity index (χ0n) is 29.4. The number of halogens is 2. The van der Waals surface area contributed by atoms with Crippen molar-refractivity contribution in [3.63, 3.8) is 0 Å². The molecule has 2 aliphatic rings. The number of allylic oxidation sites excluding steroid dienone is 4. The third-order valence-corrected chi connectivity index (χ3v) is 25.2. The van der Waals surface area contributed by atoms with Crippen molar-refractivity contribution < 1.29 is 18.3 Å². The molecule has 0 nitrogen and oxygen atoms in total. The first kappa shape index (κ1) is 36.9. The van der Waals surface area contributed by atoms with E-state index in [2.05, 4.69) is 148 Å². The summed E-state index contributed by atoms with van der Waals surface area (Å²) in [6.07, 6.45) is 4.65. The van der Waals surface area contributed by atoms with E-state index in [1.807, 2.05) is 0 Å². The molecule has 0 saturated carbocycles. The Morgan fingerprint density at radius 3 is 1.89 bits per heavy atom. The number of hydrogen-bond donors (Lipinski definition) is 0. The van der Waals surface area contributed by atoms with Crippen LogP contribution in [0.1, 0.15) is 105 Å². The molecule has 0 radical (unpaired) electrons. The van der Waals surface area contributed by atoms with Gasteiger partial charge < -0.3 is 0 Å². The first-order chi connectivity index (χ1) is 19.3. The van der Waals surface area contributed by atoms with Gasteiger partial charge in [-0.15, -0.1) is 24.8 Å². The van der Waals surface area contributed by atoms with E-state index < -0.39 is 18.3 Å². The van der Waals surface area contributed by atoms with Gasteiger partial charge in [0.05, 0.1) is 0 Å². The van der Waals surface area contributed by atoms with Crippen LogP contribution in [0.2, 0.25) is 4.63 Å². The Kier molecular flexibility index (Phi) is 10.0. The van der Waals surface area contributed by atoms with Crippen LogP contribution in [0.5, 0.6) is 0 Å². The standard InChI is InChI=1S/C21H25.C12H19.C6H5.CH3.CH2.2ClH.Zr/c1-20(2,3)16-7-9-18-14(12-16)11-15-13-17(21(4,5)6)8-10-19(15)18;1-6-10-7-9(2)8-11(10)12(3,4)5;1-2-4-6-5-3-1;;;;;/h7-10,12H,11H2,1-6H3;8-9H,6H2,1-5H3;1-5H;1H3;1H2;2*1H;. The van der Waals surface area contributed by atoms with Crippen LogP contribution in [0.3, 0.4) is 0 Å². The molecule has 44 heavy (non-hydrogen) atoms. The van der Waals surface area contributed by atoms with E-state index >= 15 is 0 Å². The molecule has 3 aromatic rings. The van der Waals surface area contributed by atoms with Gasteiger partial charge in [0.1, 0.15) is 0 Å². The summed E-state index contributed by atoms with van der Waals surface area (Å²) < 4.78 is 13.1. The third kappa shape index (κ3) is 5.78. The topological polar surface area (TPSA) is 0 Å². The van der Waals surface area contributed by atoms with E-state index in [1.165, 1.54) is 36.7 Å². The van der Waals surface area contributed by atoms with Crippen molar-refractivity contribution in [1.29, 1.82) is 0 Å². The Morgan fingerprint density at radius 1 is 0.773 bits per heavy atom. The van der Waals surface area contributed by atoms with E-state index in [1.54, 1.807) is 17.7 Å². The Balaban J connectivity index is 0.00000264. The van der Waals surface area contributed by atoms with Crippen LogP contribution in [0.4, 0.5) is 0 Å². The fraction of sp³-hybridized carbons (Fsp3) is 0.439. The van der Waals surface area contributed by atoms with Gasteiger partial charge in [-0.25, -0.2) is 0 Å². The molecular weight excluding hydrogens is 655 g/mol. The van der Waals surface area contributed by atoms with E-state index in [0.717, 1.165) is 12.8 Å². The Labute approximate surface area is 282 Å². The summed E-state index contributed by atoms with van der Waals surface area (Å²) in [6, 6.07) is 23.7. The molecule has 3 aromatic carbocycles. The molecule has 0 aromatic heterocycles. The molecule has 0 aliphatic heterocycles. The van der Waals surface area contributed by atoms with Crippen LogP contribution in [0.25, 0.3) is 11.1 Å². The predicted molar refractivity (Wildman–Crippen MR) is 199 cm³/mol. The summed E-state index contributed by atoms with van der Waals surface area (Å²) in [5.74, 6) is 0.377. The van der Waals surface area contributed by atoms with Gasteiger partial charge in [-0.2, -0.15) is 0 Å². The summed E-state index contributed by atoms with van der Waals surface area (Å²) in [6.45, 7) is 26.2. The van der Waals surface area contributed by atoms with Gasteiger partial charge in [-0.3, -0.25) is 0 Å². The SMILES string of the molecule is Cl.Cl.[CH2]=[Zr]([CH3])([C]1=C(CC)C(C(C)(C)C)=CC1C)([c]1ccccc1)[c]1c(C(C)(C)C)ccc2c1Cc1cc(C(C)(C)C)ccc1-2. The van der Waals surface area contributed by atoms with Crippen molar-refractivity contribution in [2.24, 2.45) is 11.3 Å².